The molecular formula is C24H20ClN3O5S. The van der Waals surface area contributed by atoms with Gasteiger partial charge in [0.25, 0.3) is 15.9 Å². The van der Waals surface area contributed by atoms with Gasteiger partial charge in [0.15, 0.2) is 6.61 Å². The van der Waals surface area contributed by atoms with Crippen LogP contribution in [0.1, 0.15) is 11.1 Å². The van der Waals surface area contributed by atoms with Gasteiger partial charge in [-0.1, -0.05) is 41.9 Å². The quantitative estimate of drug-likeness (QED) is 0.394. The molecular weight excluding hydrogens is 478 g/mol. The first-order valence-electron chi connectivity index (χ1n) is 10.3. The molecule has 1 amide bonds. The average molecular weight is 498 g/mol. The number of amides is 1. The summed E-state index contributed by atoms with van der Waals surface area (Å²) in [4.78, 5) is 27.8. The Kier molecular flexibility index (Phi) is 6.95. The minimum atomic E-state index is -3.69. The van der Waals surface area contributed by atoms with Gasteiger partial charge >= 0.3 is 5.97 Å². The fraction of sp³-hybridized carbons (Fsp3) is 0.125. The number of nitrogens with one attached hydrogen (secondary N) is 1. The zero-order valence-electron chi connectivity index (χ0n) is 17.8. The van der Waals surface area contributed by atoms with Crippen molar-refractivity contribution in [3.63, 3.8) is 0 Å². The van der Waals surface area contributed by atoms with Gasteiger partial charge in [0, 0.05) is 18.8 Å². The number of aromatic nitrogens is 1. The largest absolute Gasteiger partial charge is 0.452 e. The summed E-state index contributed by atoms with van der Waals surface area (Å²) in [6, 6.07) is 16.7. The number of hydrogen-bond donors (Lipinski definition) is 1. The highest BCUT2D eigenvalue weighted by molar-refractivity contribution is 7.92. The Morgan fingerprint density at radius 1 is 1.09 bits per heavy atom. The molecule has 0 bridgehead atoms. The molecule has 1 aliphatic rings. The molecule has 0 saturated carbocycles. The van der Waals surface area contributed by atoms with Crippen LogP contribution in [0, 0.1) is 0 Å². The van der Waals surface area contributed by atoms with E-state index in [2.05, 4.69) is 10.3 Å². The number of benzene rings is 2. The summed E-state index contributed by atoms with van der Waals surface area (Å²) in [6.07, 6.45) is 4.69. The second-order valence-corrected chi connectivity index (χ2v) is 9.67. The first kappa shape index (κ1) is 23.5. The molecule has 0 radical (unpaired) electrons. The number of halogens is 1. The summed E-state index contributed by atoms with van der Waals surface area (Å²) in [6.45, 7) is -0.0845. The van der Waals surface area contributed by atoms with Gasteiger partial charge in [-0.05, 0) is 54.0 Å². The van der Waals surface area contributed by atoms with E-state index in [0.717, 1.165) is 11.6 Å². The van der Waals surface area contributed by atoms with Crippen LogP contribution in [0.3, 0.4) is 0 Å². The number of hydrogen-bond acceptors (Lipinski definition) is 6. The number of nitrogens with zero attached hydrogens (tertiary/aromatic N) is 2. The van der Waals surface area contributed by atoms with Gasteiger partial charge in [-0.3, -0.25) is 9.10 Å². The number of fused-ring (bicyclic) bond motifs is 1. The van der Waals surface area contributed by atoms with Crippen molar-refractivity contribution < 1.29 is 22.7 Å². The van der Waals surface area contributed by atoms with Gasteiger partial charge in [0.2, 0.25) is 0 Å². The van der Waals surface area contributed by atoms with E-state index in [1.807, 2.05) is 18.2 Å². The number of pyridine rings is 1. The fourth-order valence-corrected chi connectivity index (χ4v) is 5.03. The molecule has 0 fully saturated rings. The summed E-state index contributed by atoms with van der Waals surface area (Å²) >= 11 is 5.73. The van der Waals surface area contributed by atoms with E-state index in [9.17, 15) is 18.0 Å². The smallest absolute Gasteiger partial charge is 0.331 e. The molecule has 2 aromatic carbocycles. The summed E-state index contributed by atoms with van der Waals surface area (Å²) in [5.74, 6) is -0.979. The highest BCUT2D eigenvalue weighted by atomic mass is 35.5. The molecule has 1 N–H and O–H groups in total. The van der Waals surface area contributed by atoms with Gasteiger partial charge in [0.1, 0.15) is 5.82 Å². The Hall–Kier alpha value is -3.69. The molecule has 1 aliphatic heterocycles. The van der Waals surface area contributed by atoms with Crippen LogP contribution in [0.2, 0.25) is 5.02 Å². The van der Waals surface area contributed by atoms with E-state index in [-0.39, 0.29) is 10.7 Å². The first-order valence-corrected chi connectivity index (χ1v) is 12.1. The van der Waals surface area contributed by atoms with E-state index < -0.39 is 28.5 Å². The van der Waals surface area contributed by atoms with Crippen molar-refractivity contribution in [2.75, 3.05) is 22.8 Å². The maximum Gasteiger partial charge on any atom is 0.331 e. The summed E-state index contributed by atoms with van der Waals surface area (Å²) in [5.41, 5.74) is 2.31. The van der Waals surface area contributed by atoms with Crippen molar-refractivity contribution in [3.8, 4) is 0 Å². The Balaban J connectivity index is 1.32. The molecule has 0 spiro atoms. The number of esters is 1. The normalized spacial score (nSPS) is 13.0. The molecule has 0 unspecified atom stereocenters. The number of anilines is 2. The van der Waals surface area contributed by atoms with Crippen molar-refractivity contribution in [1.29, 1.82) is 0 Å². The molecule has 0 saturated heterocycles. The van der Waals surface area contributed by atoms with E-state index >= 15 is 0 Å². The maximum absolute atomic E-state index is 13.1. The van der Waals surface area contributed by atoms with Gasteiger partial charge in [0.05, 0.1) is 15.6 Å². The number of ether oxygens (including phenoxy) is 1. The van der Waals surface area contributed by atoms with Crippen molar-refractivity contribution >= 4 is 51.1 Å². The lowest BCUT2D eigenvalue weighted by Gasteiger charge is -2.19. The molecule has 10 heteroatoms. The van der Waals surface area contributed by atoms with Gasteiger partial charge < -0.3 is 10.1 Å². The molecule has 1 aromatic heterocycles. The zero-order valence-corrected chi connectivity index (χ0v) is 19.4. The number of para-hydroxylation sites is 1. The van der Waals surface area contributed by atoms with Gasteiger partial charge in [-0.15, -0.1) is 0 Å². The third-order valence-electron chi connectivity index (χ3n) is 5.06. The minimum absolute atomic E-state index is 0.163. The number of rotatable bonds is 7. The highest BCUT2D eigenvalue weighted by Gasteiger charge is 2.30. The third-order valence-corrected chi connectivity index (χ3v) is 7.12. The lowest BCUT2D eigenvalue weighted by atomic mass is 10.2. The van der Waals surface area contributed by atoms with Crippen molar-refractivity contribution in [3.05, 3.63) is 89.1 Å². The lowest BCUT2D eigenvalue weighted by molar-refractivity contribution is -0.142. The van der Waals surface area contributed by atoms with Crippen LogP contribution < -0.4 is 9.62 Å². The van der Waals surface area contributed by atoms with Crippen molar-refractivity contribution in [2.45, 2.75) is 11.3 Å². The van der Waals surface area contributed by atoms with Crippen LogP contribution in [0.25, 0.3) is 6.08 Å². The SMILES string of the molecule is O=C(COC(=O)C=Cc1ccc(S(=O)(=O)N2CCc3ccccc32)cc1)Nc1ccc(Cl)cn1. The zero-order chi connectivity index (χ0) is 24.1. The van der Waals surface area contributed by atoms with Crippen LogP contribution in [0.5, 0.6) is 0 Å². The Bertz CT molecular complexity index is 1340. The van der Waals surface area contributed by atoms with Crippen LogP contribution >= 0.6 is 11.6 Å². The second kappa shape index (κ2) is 10.1. The van der Waals surface area contributed by atoms with Gasteiger partial charge in [-0.2, -0.15) is 0 Å². The molecule has 8 nitrogen and oxygen atoms in total. The third kappa shape index (κ3) is 5.44. The monoisotopic (exact) mass is 497 g/mol. The Labute approximate surface area is 201 Å². The summed E-state index contributed by atoms with van der Waals surface area (Å²) < 4.78 is 32.4. The number of carbonyl (C=O) groups excluding carboxylic acids is 2. The minimum Gasteiger partial charge on any atom is -0.452 e. The number of carbonyl (C=O) groups is 2. The second-order valence-electron chi connectivity index (χ2n) is 7.38. The van der Waals surface area contributed by atoms with E-state index in [0.29, 0.717) is 29.2 Å². The van der Waals surface area contributed by atoms with Gasteiger partial charge in [-0.25, -0.2) is 18.2 Å². The maximum atomic E-state index is 13.1. The predicted octanol–water partition coefficient (Wildman–Crippen LogP) is 3.68. The van der Waals surface area contributed by atoms with Crippen molar-refractivity contribution in [2.24, 2.45) is 0 Å². The summed E-state index contributed by atoms with van der Waals surface area (Å²) in [5, 5.41) is 2.91. The molecule has 34 heavy (non-hydrogen) atoms. The van der Waals surface area contributed by atoms with E-state index in [4.69, 9.17) is 16.3 Å². The highest BCUT2D eigenvalue weighted by Crippen LogP contribution is 2.32. The summed E-state index contributed by atoms with van der Waals surface area (Å²) in [7, 11) is -3.69. The topological polar surface area (TPSA) is 106 Å². The number of sulfonamides is 1. The van der Waals surface area contributed by atoms with Crippen LogP contribution in [-0.4, -0.2) is 38.4 Å². The van der Waals surface area contributed by atoms with Crippen molar-refractivity contribution in [1.82, 2.24) is 4.98 Å². The van der Waals surface area contributed by atoms with Crippen LogP contribution in [0.15, 0.2) is 77.8 Å². The fourth-order valence-electron chi connectivity index (χ4n) is 3.41. The Morgan fingerprint density at radius 3 is 2.59 bits per heavy atom. The van der Waals surface area contributed by atoms with Crippen LogP contribution in [0.4, 0.5) is 11.5 Å². The molecule has 2 heterocycles. The molecule has 0 aliphatic carbocycles. The Morgan fingerprint density at radius 2 is 1.85 bits per heavy atom. The molecule has 0 atom stereocenters. The lowest BCUT2D eigenvalue weighted by Crippen LogP contribution is -2.29. The first-order chi connectivity index (χ1) is 16.3. The predicted molar refractivity (Wildman–Crippen MR) is 129 cm³/mol. The molecule has 3 aromatic rings. The standard InChI is InChI=1S/C24H20ClN3O5S/c25-19-8-11-22(26-15-19)27-23(29)16-33-24(30)12-7-17-5-9-20(10-6-17)34(31,32)28-14-13-18-3-1-2-4-21(18)28/h1-12,15H,13-14,16H2,(H,26,27,29). The van der Waals surface area contributed by atoms with Crippen LogP contribution in [-0.2, 0) is 30.8 Å². The van der Waals surface area contributed by atoms with E-state index in [1.165, 1.54) is 34.8 Å². The average Bonchev–Trinajstić information content (AvgIpc) is 3.28. The van der Waals surface area contributed by atoms with E-state index in [1.54, 1.807) is 24.3 Å². The molecule has 4 rings (SSSR count). The molecule has 174 valence electrons.